The molecule has 0 radical (unpaired) electrons. The number of hydrogen-bond acceptors (Lipinski definition) is 1. The molecule has 0 atom stereocenters. The molecule has 1 saturated carbocycles. The largest absolute Gasteiger partial charge is 0.300 e. The van der Waals surface area contributed by atoms with Gasteiger partial charge in [-0.3, -0.25) is 4.90 Å². The highest BCUT2D eigenvalue weighted by Gasteiger charge is 2.19. The van der Waals surface area contributed by atoms with E-state index in [1.54, 1.807) is 5.57 Å². The average Bonchev–Trinajstić information content (AvgIpc) is 2.58. The van der Waals surface area contributed by atoms with Crippen molar-refractivity contribution in [3.63, 3.8) is 0 Å². The van der Waals surface area contributed by atoms with Crippen molar-refractivity contribution in [2.75, 3.05) is 19.6 Å². The van der Waals surface area contributed by atoms with E-state index in [2.05, 4.69) is 41.3 Å². The van der Waals surface area contributed by atoms with Gasteiger partial charge in [-0.25, -0.2) is 0 Å². The van der Waals surface area contributed by atoms with Gasteiger partial charge in [0, 0.05) is 6.54 Å². The van der Waals surface area contributed by atoms with E-state index in [0.29, 0.717) is 0 Å². The quantitative estimate of drug-likeness (QED) is 0.740. The van der Waals surface area contributed by atoms with Crippen LogP contribution in [0.1, 0.15) is 56.9 Å². The Morgan fingerprint density at radius 1 is 0.905 bits per heavy atom. The summed E-state index contributed by atoms with van der Waals surface area (Å²) in [7, 11) is 0. The van der Waals surface area contributed by atoms with Crippen LogP contribution in [0.3, 0.4) is 0 Å². The Morgan fingerprint density at radius 2 is 1.57 bits per heavy atom. The van der Waals surface area contributed by atoms with E-state index in [4.69, 9.17) is 0 Å². The zero-order valence-corrected chi connectivity index (χ0v) is 13.3. The van der Waals surface area contributed by atoms with Crippen LogP contribution in [0.4, 0.5) is 0 Å². The van der Waals surface area contributed by atoms with Gasteiger partial charge in [-0.2, -0.15) is 0 Å². The molecule has 1 saturated heterocycles. The molecule has 0 N–H and O–H groups in total. The molecule has 0 unspecified atom stereocenters. The van der Waals surface area contributed by atoms with Gasteiger partial charge in [-0.15, -0.1) is 0 Å². The van der Waals surface area contributed by atoms with Crippen LogP contribution < -0.4 is 0 Å². The second-order valence-electron chi connectivity index (χ2n) is 6.72. The third kappa shape index (κ3) is 4.20. The maximum Gasteiger partial charge on any atom is 0.0169 e. The number of nitrogens with zero attached hydrogens (tertiary/aromatic N) is 1. The van der Waals surface area contributed by atoms with E-state index < -0.39 is 0 Å². The summed E-state index contributed by atoms with van der Waals surface area (Å²) in [4.78, 5) is 2.63. The van der Waals surface area contributed by atoms with Crippen molar-refractivity contribution in [1.29, 1.82) is 0 Å². The summed E-state index contributed by atoms with van der Waals surface area (Å²) in [5, 5.41) is 0. The predicted octanol–water partition coefficient (Wildman–Crippen LogP) is 5.14. The van der Waals surface area contributed by atoms with Crippen molar-refractivity contribution in [3.05, 3.63) is 42.0 Å². The standard InChI is InChI=1S/C20H29N/c1-4-10-18(11-5-1)20(19-12-6-2-7-13-19)14-17-21-15-8-3-9-16-21/h1,4-5,10-11,14,19H,2-3,6-9,12-13,15-17H2/b20-14+. The number of benzene rings is 1. The first-order valence-corrected chi connectivity index (χ1v) is 8.91. The Balaban J connectivity index is 1.74. The van der Waals surface area contributed by atoms with Gasteiger partial charge < -0.3 is 0 Å². The highest BCUT2D eigenvalue weighted by Crippen LogP contribution is 2.35. The van der Waals surface area contributed by atoms with Gasteiger partial charge in [-0.05, 0) is 55.8 Å². The SMILES string of the molecule is C(/CN1CCCCC1)=C(/c1ccccc1)C1CCCCC1. The average molecular weight is 283 g/mol. The fraction of sp³-hybridized carbons (Fsp3) is 0.600. The minimum Gasteiger partial charge on any atom is -0.300 e. The van der Waals surface area contributed by atoms with Gasteiger partial charge >= 0.3 is 0 Å². The summed E-state index contributed by atoms with van der Waals surface area (Å²) in [5.74, 6) is 0.797. The Hall–Kier alpha value is -1.08. The number of likely N-dealkylation sites (tertiary alicyclic amines) is 1. The van der Waals surface area contributed by atoms with E-state index in [1.807, 2.05) is 0 Å². The molecule has 1 aromatic rings. The maximum atomic E-state index is 2.63. The van der Waals surface area contributed by atoms with E-state index in [0.717, 1.165) is 12.5 Å². The van der Waals surface area contributed by atoms with Crippen molar-refractivity contribution < 1.29 is 0 Å². The molecule has 1 heterocycles. The van der Waals surface area contributed by atoms with Crippen LogP contribution in [-0.4, -0.2) is 24.5 Å². The first kappa shape index (κ1) is 14.8. The molecule has 1 heteroatoms. The van der Waals surface area contributed by atoms with Gasteiger partial charge in [0.2, 0.25) is 0 Å². The van der Waals surface area contributed by atoms with Crippen LogP contribution in [0, 0.1) is 5.92 Å². The zero-order chi connectivity index (χ0) is 14.3. The Bertz CT molecular complexity index is 436. The predicted molar refractivity (Wildman–Crippen MR) is 91.3 cm³/mol. The van der Waals surface area contributed by atoms with Crippen LogP contribution in [-0.2, 0) is 0 Å². The summed E-state index contributed by atoms with van der Waals surface area (Å²) < 4.78 is 0. The van der Waals surface area contributed by atoms with Crippen molar-refractivity contribution in [1.82, 2.24) is 4.90 Å². The molecular weight excluding hydrogens is 254 g/mol. The molecule has 1 aromatic carbocycles. The van der Waals surface area contributed by atoms with E-state index in [9.17, 15) is 0 Å². The lowest BCUT2D eigenvalue weighted by molar-refractivity contribution is 0.251. The van der Waals surface area contributed by atoms with Crippen LogP contribution >= 0.6 is 0 Å². The summed E-state index contributed by atoms with van der Waals surface area (Å²) in [6.07, 6.45) is 13.8. The first-order valence-electron chi connectivity index (χ1n) is 8.91. The van der Waals surface area contributed by atoms with Crippen LogP contribution in [0.25, 0.3) is 5.57 Å². The lowest BCUT2D eigenvalue weighted by Crippen LogP contribution is -2.30. The highest BCUT2D eigenvalue weighted by molar-refractivity contribution is 5.67. The second kappa shape index (κ2) is 7.79. The lowest BCUT2D eigenvalue weighted by Gasteiger charge is -2.28. The van der Waals surface area contributed by atoms with Crippen molar-refractivity contribution in [2.24, 2.45) is 5.92 Å². The summed E-state index contributed by atoms with van der Waals surface area (Å²) in [5.41, 5.74) is 3.09. The molecule has 0 bridgehead atoms. The van der Waals surface area contributed by atoms with Crippen molar-refractivity contribution >= 4 is 5.57 Å². The number of rotatable bonds is 4. The Morgan fingerprint density at radius 3 is 2.29 bits per heavy atom. The topological polar surface area (TPSA) is 3.24 Å². The number of allylic oxidation sites excluding steroid dienone is 1. The fourth-order valence-corrected chi connectivity index (χ4v) is 3.93. The second-order valence-corrected chi connectivity index (χ2v) is 6.72. The molecule has 0 spiro atoms. The summed E-state index contributed by atoms with van der Waals surface area (Å²) >= 11 is 0. The number of piperidine rings is 1. The molecule has 2 fully saturated rings. The summed E-state index contributed by atoms with van der Waals surface area (Å²) in [6, 6.07) is 11.1. The Labute approximate surface area is 130 Å². The smallest absolute Gasteiger partial charge is 0.0169 e. The molecule has 1 aliphatic carbocycles. The fourth-order valence-electron chi connectivity index (χ4n) is 3.93. The minimum atomic E-state index is 0.797. The van der Waals surface area contributed by atoms with Crippen molar-refractivity contribution in [2.45, 2.75) is 51.4 Å². The molecule has 21 heavy (non-hydrogen) atoms. The molecule has 1 nitrogen and oxygen atoms in total. The zero-order valence-electron chi connectivity index (χ0n) is 13.3. The van der Waals surface area contributed by atoms with Gasteiger partial charge in [0.05, 0.1) is 0 Å². The first-order chi connectivity index (χ1) is 10.4. The third-order valence-electron chi connectivity index (χ3n) is 5.17. The molecule has 1 aliphatic heterocycles. The lowest BCUT2D eigenvalue weighted by atomic mass is 9.81. The molecule has 0 aromatic heterocycles. The van der Waals surface area contributed by atoms with Crippen LogP contribution in [0.15, 0.2) is 36.4 Å². The van der Waals surface area contributed by atoms with Crippen LogP contribution in [0.2, 0.25) is 0 Å². The minimum absolute atomic E-state index is 0.797. The molecular formula is C20H29N. The summed E-state index contributed by atoms with van der Waals surface area (Å²) in [6.45, 7) is 3.74. The van der Waals surface area contributed by atoms with Crippen LogP contribution in [0.5, 0.6) is 0 Å². The van der Waals surface area contributed by atoms with Gasteiger partial charge in [0.15, 0.2) is 0 Å². The molecule has 0 amide bonds. The maximum absolute atomic E-state index is 2.63. The highest BCUT2D eigenvalue weighted by atomic mass is 15.1. The normalized spacial score (nSPS) is 22.4. The molecule has 3 rings (SSSR count). The van der Waals surface area contributed by atoms with Gasteiger partial charge in [0.1, 0.15) is 0 Å². The van der Waals surface area contributed by atoms with Gasteiger partial charge in [0.25, 0.3) is 0 Å². The third-order valence-corrected chi connectivity index (χ3v) is 5.17. The number of hydrogen-bond donors (Lipinski definition) is 0. The molecule has 114 valence electrons. The monoisotopic (exact) mass is 283 g/mol. The Kier molecular flexibility index (Phi) is 5.51. The van der Waals surface area contributed by atoms with E-state index in [-0.39, 0.29) is 0 Å². The van der Waals surface area contributed by atoms with Crippen molar-refractivity contribution in [3.8, 4) is 0 Å². The van der Waals surface area contributed by atoms with Gasteiger partial charge in [-0.1, -0.05) is 62.1 Å². The molecule has 2 aliphatic rings. The van der Waals surface area contributed by atoms with E-state index in [1.165, 1.54) is 70.0 Å². The van der Waals surface area contributed by atoms with E-state index >= 15 is 0 Å².